The zero-order chi connectivity index (χ0) is 9.84. The van der Waals surface area contributed by atoms with E-state index in [1.165, 1.54) is 7.11 Å². The zero-order valence-corrected chi connectivity index (χ0v) is 7.62. The predicted octanol–water partition coefficient (Wildman–Crippen LogP) is 0.807. The third-order valence-corrected chi connectivity index (χ3v) is 2.05. The van der Waals surface area contributed by atoms with E-state index >= 15 is 0 Å². The molecule has 0 radical (unpaired) electrons. The minimum absolute atomic E-state index is 0.0659. The molecule has 0 aromatic heterocycles. The summed E-state index contributed by atoms with van der Waals surface area (Å²) in [4.78, 5) is 2.67. The zero-order valence-electron chi connectivity index (χ0n) is 7.62. The summed E-state index contributed by atoms with van der Waals surface area (Å²) < 4.78 is 10.2. The lowest BCUT2D eigenvalue weighted by molar-refractivity contribution is -0.230. The van der Waals surface area contributed by atoms with Crippen molar-refractivity contribution in [2.75, 3.05) is 7.11 Å². The summed E-state index contributed by atoms with van der Waals surface area (Å²) >= 11 is 0. The molecule has 4 atom stereocenters. The van der Waals surface area contributed by atoms with Gasteiger partial charge in [0.2, 0.25) is 0 Å². The van der Waals surface area contributed by atoms with E-state index in [1.807, 2.05) is 6.92 Å². The lowest BCUT2D eigenvalue weighted by Crippen LogP contribution is -2.47. The van der Waals surface area contributed by atoms with Crippen LogP contribution in [0.25, 0.3) is 10.4 Å². The van der Waals surface area contributed by atoms with Crippen molar-refractivity contribution in [2.45, 2.75) is 37.9 Å². The molecule has 0 saturated carbocycles. The number of ether oxygens (including phenoxy) is 2. The largest absolute Gasteiger partial charge is 0.387 e. The van der Waals surface area contributed by atoms with Gasteiger partial charge >= 0.3 is 0 Å². The second kappa shape index (κ2) is 4.43. The van der Waals surface area contributed by atoms with Crippen molar-refractivity contribution >= 4 is 0 Å². The van der Waals surface area contributed by atoms with E-state index in [-0.39, 0.29) is 6.10 Å². The summed E-state index contributed by atoms with van der Waals surface area (Å²) in [6, 6.07) is -0.460. The van der Waals surface area contributed by atoms with Crippen LogP contribution in [0.4, 0.5) is 0 Å². The number of hydrogen-bond acceptors (Lipinski definition) is 4. The first-order chi connectivity index (χ1) is 6.19. The molecular formula is C7H13N3O3. The van der Waals surface area contributed by atoms with Crippen molar-refractivity contribution in [3.8, 4) is 0 Å². The maximum Gasteiger partial charge on any atom is 0.183 e. The average Bonchev–Trinajstić information content (AvgIpc) is 2.11. The highest BCUT2D eigenvalue weighted by Crippen LogP contribution is 2.22. The molecule has 0 spiro atoms. The molecule has 1 heterocycles. The minimum Gasteiger partial charge on any atom is -0.387 e. The Labute approximate surface area is 76.1 Å². The quantitative estimate of drug-likeness (QED) is 0.394. The molecule has 1 N–H and O–H groups in total. The molecule has 6 heteroatoms. The monoisotopic (exact) mass is 187 g/mol. The van der Waals surface area contributed by atoms with Crippen LogP contribution in [-0.4, -0.2) is 36.8 Å². The highest BCUT2D eigenvalue weighted by molar-refractivity contribution is 4.85. The van der Waals surface area contributed by atoms with Crippen LogP contribution in [0, 0.1) is 0 Å². The van der Waals surface area contributed by atoms with Gasteiger partial charge in [0.25, 0.3) is 0 Å². The highest BCUT2D eigenvalue weighted by Gasteiger charge is 2.35. The molecular weight excluding hydrogens is 174 g/mol. The van der Waals surface area contributed by atoms with E-state index in [0.717, 1.165) is 0 Å². The van der Waals surface area contributed by atoms with Gasteiger partial charge in [0, 0.05) is 12.0 Å². The normalized spacial score (nSPS) is 39.6. The van der Waals surface area contributed by atoms with E-state index in [2.05, 4.69) is 10.0 Å². The maximum atomic E-state index is 9.56. The first kappa shape index (κ1) is 10.3. The van der Waals surface area contributed by atoms with Gasteiger partial charge in [0.1, 0.15) is 6.10 Å². The lowest BCUT2D eigenvalue weighted by atomic mass is 10.0. The molecule has 1 saturated heterocycles. The Morgan fingerprint density at radius 1 is 1.69 bits per heavy atom. The Balaban J connectivity index is 2.68. The number of rotatable bonds is 2. The number of hydrogen-bond donors (Lipinski definition) is 1. The Morgan fingerprint density at radius 2 is 2.38 bits per heavy atom. The van der Waals surface area contributed by atoms with E-state index in [4.69, 9.17) is 15.0 Å². The first-order valence-corrected chi connectivity index (χ1v) is 4.09. The van der Waals surface area contributed by atoms with Gasteiger partial charge < -0.3 is 14.6 Å². The number of aliphatic hydroxyl groups excluding tert-OH is 1. The Kier molecular flexibility index (Phi) is 3.50. The van der Waals surface area contributed by atoms with Crippen LogP contribution in [0.2, 0.25) is 0 Å². The molecule has 0 aromatic rings. The SMILES string of the molecule is CO[C@H]1O[C@H](C)C[C@@H](N=[N+]=[N-])[C@@H]1O. The second-order valence-corrected chi connectivity index (χ2v) is 3.05. The minimum atomic E-state index is -0.878. The van der Waals surface area contributed by atoms with Crippen LogP contribution in [0.5, 0.6) is 0 Å². The molecule has 0 bridgehead atoms. The molecule has 6 nitrogen and oxygen atoms in total. The number of azide groups is 1. The van der Waals surface area contributed by atoms with Crippen LogP contribution in [0.15, 0.2) is 5.11 Å². The topological polar surface area (TPSA) is 87.5 Å². The van der Waals surface area contributed by atoms with Gasteiger partial charge in [-0.2, -0.15) is 0 Å². The standard InChI is InChI=1S/C7H13N3O3/c1-4-3-5(9-10-8)6(11)7(12-2)13-4/h4-7,11H,3H2,1-2H3/t4-,5-,6+,7+/m1/s1. The van der Waals surface area contributed by atoms with Crippen molar-refractivity contribution in [2.24, 2.45) is 5.11 Å². The van der Waals surface area contributed by atoms with Gasteiger partial charge in [-0.1, -0.05) is 5.11 Å². The van der Waals surface area contributed by atoms with Crippen molar-refractivity contribution in [1.29, 1.82) is 0 Å². The van der Waals surface area contributed by atoms with Crippen LogP contribution in [0.1, 0.15) is 13.3 Å². The van der Waals surface area contributed by atoms with Crippen molar-refractivity contribution < 1.29 is 14.6 Å². The summed E-state index contributed by atoms with van der Waals surface area (Å²) in [5.41, 5.74) is 8.25. The summed E-state index contributed by atoms with van der Waals surface area (Å²) in [5.74, 6) is 0. The molecule has 13 heavy (non-hydrogen) atoms. The van der Waals surface area contributed by atoms with Crippen LogP contribution in [0.3, 0.4) is 0 Å². The van der Waals surface area contributed by atoms with E-state index in [1.54, 1.807) is 0 Å². The third kappa shape index (κ3) is 2.32. The molecule has 74 valence electrons. The van der Waals surface area contributed by atoms with Crippen molar-refractivity contribution in [1.82, 2.24) is 0 Å². The fourth-order valence-corrected chi connectivity index (χ4v) is 1.40. The Bertz CT molecular complexity index is 217. The molecule has 1 rings (SSSR count). The van der Waals surface area contributed by atoms with Crippen molar-refractivity contribution in [3.05, 3.63) is 10.4 Å². The molecule has 0 aliphatic carbocycles. The van der Waals surface area contributed by atoms with Gasteiger partial charge in [-0.3, -0.25) is 0 Å². The number of aliphatic hydroxyl groups is 1. The van der Waals surface area contributed by atoms with Gasteiger partial charge in [-0.05, 0) is 18.9 Å². The van der Waals surface area contributed by atoms with E-state index in [0.29, 0.717) is 6.42 Å². The predicted molar refractivity (Wildman–Crippen MR) is 44.9 cm³/mol. The lowest BCUT2D eigenvalue weighted by Gasteiger charge is -2.35. The van der Waals surface area contributed by atoms with Crippen LogP contribution >= 0.6 is 0 Å². The van der Waals surface area contributed by atoms with Gasteiger partial charge in [0.05, 0.1) is 12.1 Å². The summed E-state index contributed by atoms with van der Waals surface area (Å²) in [6.07, 6.45) is -1.12. The molecule has 0 amide bonds. The second-order valence-electron chi connectivity index (χ2n) is 3.05. The summed E-state index contributed by atoms with van der Waals surface area (Å²) in [5, 5.41) is 13.0. The molecule has 1 fully saturated rings. The third-order valence-electron chi connectivity index (χ3n) is 2.05. The van der Waals surface area contributed by atoms with E-state index in [9.17, 15) is 5.11 Å². The van der Waals surface area contributed by atoms with Gasteiger partial charge in [-0.25, -0.2) is 0 Å². The number of methoxy groups -OCH3 is 1. The van der Waals surface area contributed by atoms with Gasteiger partial charge in [-0.15, -0.1) is 0 Å². The van der Waals surface area contributed by atoms with Crippen LogP contribution in [-0.2, 0) is 9.47 Å². The van der Waals surface area contributed by atoms with Crippen LogP contribution < -0.4 is 0 Å². The van der Waals surface area contributed by atoms with E-state index < -0.39 is 18.4 Å². The highest BCUT2D eigenvalue weighted by atomic mass is 16.7. The smallest absolute Gasteiger partial charge is 0.183 e. The Morgan fingerprint density at radius 3 is 2.92 bits per heavy atom. The summed E-state index contributed by atoms with van der Waals surface area (Å²) in [7, 11) is 1.44. The molecule has 1 aliphatic rings. The molecule has 0 aromatic carbocycles. The first-order valence-electron chi connectivity index (χ1n) is 4.09. The fourth-order valence-electron chi connectivity index (χ4n) is 1.40. The number of nitrogens with zero attached hydrogens (tertiary/aromatic N) is 3. The van der Waals surface area contributed by atoms with Gasteiger partial charge in [0.15, 0.2) is 6.29 Å². The Hall–Kier alpha value is -0.810. The fraction of sp³-hybridized carbons (Fsp3) is 1.00. The average molecular weight is 187 g/mol. The van der Waals surface area contributed by atoms with Crippen molar-refractivity contribution in [3.63, 3.8) is 0 Å². The molecule has 1 aliphatic heterocycles. The summed E-state index contributed by atoms with van der Waals surface area (Å²) in [6.45, 7) is 1.85. The molecule has 0 unspecified atom stereocenters. The maximum absolute atomic E-state index is 9.56.